The van der Waals surface area contributed by atoms with E-state index < -0.39 is 36.6 Å². The van der Waals surface area contributed by atoms with Crippen molar-refractivity contribution in [3.8, 4) is 5.75 Å². The van der Waals surface area contributed by atoms with Gasteiger partial charge in [0.1, 0.15) is 12.3 Å². The lowest BCUT2D eigenvalue weighted by Gasteiger charge is -2.12. The van der Waals surface area contributed by atoms with Gasteiger partial charge < -0.3 is 15.4 Å². The molecule has 0 aromatic heterocycles. The average Bonchev–Trinajstić information content (AvgIpc) is 2.64. The zero-order valence-corrected chi connectivity index (χ0v) is 15.0. The number of ether oxygens (including phenoxy) is 1. The Labute approximate surface area is 166 Å². The topological polar surface area (TPSA) is 67.4 Å². The lowest BCUT2D eigenvalue weighted by Crippen LogP contribution is -2.34. The van der Waals surface area contributed by atoms with Crippen molar-refractivity contribution in [2.45, 2.75) is 12.5 Å². The minimum atomic E-state index is -4.92. The molecule has 2 rings (SSSR count). The first-order valence-electron chi connectivity index (χ1n) is 8.22. The molecule has 2 amide bonds. The number of carbonyl (C=O) groups excluding carboxylic acids is 2. The smallest absolute Gasteiger partial charge is 0.405 e. The highest BCUT2D eigenvalue weighted by molar-refractivity contribution is 6.07. The second-order valence-corrected chi connectivity index (χ2v) is 5.75. The largest absolute Gasteiger partial charge is 0.573 e. The first-order chi connectivity index (χ1) is 13.9. The molecule has 0 saturated carbocycles. The van der Waals surface area contributed by atoms with Gasteiger partial charge in [-0.3, -0.25) is 9.59 Å². The summed E-state index contributed by atoms with van der Waals surface area (Å²) in [7, 11) is 0. The molecule has 2 aromatic rings. The van der Waals surface area contributed by atoms with Crippen LogP contribution in [0, 0.1) is 0 Å². The van der Waals surface area contributed by atoms with Crippen LogP contribution in [0.2, 0.25) is 0 Å². The summed E-state index contributed by atoms with van der Waals surface area (Å²) in [5.74, 6) is -2.41. The van der Waals surface area contributed by atoms with Gasteiger partial charge in [-0.1, -0.05) is 30.3 Å². The molecule has 0 heterocycles. The van der Waals surface area contributed by atoms with Crippen LogP contribution < -0.4 is 15.4 Å². The monoisotopic (exact) mass is 432 g/mol. The van der Waals surface area contributed by atoms with Gasteiger partial charge in [0.15, 0.2) is 0 Å². The number of rotatable bonds is 6. The summed E-state index contributed by atoms with van der Waals surface area (Å²) in [4.78, 5) is 24.0. The third-order valence-corrected chi connectivity index (χ3v) is 3.44. The molecule has 0 aliphatic heterocycles. The number of anilines is 1. The minimum absolute atomic E-state index is 0.0406. The Morgan fingerprint density at radius 3 is 2.23 bits per heavy atom. The molecule has 0 spiro atoms. The number of hydrogen-bond acceptors (Lipinski definition) is 3. The Hall–Kier alpha value is -3.50. The van der Waals surface area contributed by atoms with Gasteiger partial charge in [-0.2, -0.15) is 13.2 Å². The lowest BCUT2D eigenvalue weighted by molar-refractivity contribution is -0.274. The van der Waals surface area contributed by atoms with Gasteiger partial charge in [0.05, 0.1) is 11.3 Å². The number of carbonyl (C=O) groups is 2. The quantitative estimate of drug-likeness (QED) is 0.521. The molecule has 2 aromatic carbocycles. The molecule has 2 N–H and O–H groups in total. The maximum absolute atomic E-state index is 12.4. The van der Waals surface area contributed by atoms with Crippen LogP contribution in [0.25, 0.3) is 6.08 Å². The molecule has 0 aliphatic rings. The summed E-state index contributed by atoms with van der Waals surface area (Å²) in [6.45, 7) is -1.55. The Bertz CT molecular complexity index is 938. The maximum atomic E-state index is 12.4. The molecule has 0 atom stereocenters. The van der Waals surface area contributed by atoms with Crippen LogP contribution in [0.5, 0.6) is 5.75 Å². The number of hydrogen-bond donors (Lipinski definition) is 2. The average molecular weight is 432 g/mol. The molecule has 0 aliphatic carbocycles. The van der Waals surface area contributed by atoms with Crippen molar-refractivity contribution in [3.63, 3.8) is 0 Å². The highest BCUT2D eigenvalue weighted by atomic mass is 19.4. The van der Waals surface area contributed by atoms with Crippen molar-refractivity contribution in [1.29, 1.82) is 0 Å². The summed E-state index contributed by atoms with van der Waals surface area (Å²) in [5, 5.41) is 3.98. The van der Waals surface area contributed by atoms with Crippen molar-refractivity contribution in [1.82, 2.24) is 5.32 Å². The van der Waals surface area contributed by atoms with Crippen LogP contribution in [-0.4, -0.2) is 30.9 Å². The van der Waals surface area contributed by atoms with Crippen molar-refractivity contribution in [3.05, 3.63) is 65.7 Å². The number of nitrogens with one attached hydrogen (secondary N) is 2. The molecule has 0 fully saturated rings. The van der Waals surface area contributed by atoms with E-state index in [1.165, 1.54) is 42.5 Å². The van der Waals surface area contributed by atoms with E-state index in [0.29, 0.717) is 0 Å². The second kappa shape index (κ2) is 9.33. The Balaban J connectivity index is 2.12. The number of amides is 2. The molecule has 0 radical (unpaired) electrons. The Kier molecular flexibility index (Phi) is 7.09. The highest BCUT2D eigenvalue weighted by Crippen LogP contribution is 2.27. The molecular weight excluding hydrogens is 418 g/mol. The minimum Gasteiger partial charge on any atom is -0.405 e. The fraction of sp³-hybridized carbons (Fsp3) is 0.158. The van der Waals surface area contributed by atoms with Gasteiger partial charge in [-0.25, -0.2) is 0 Å². The van der Waals surface area contributed by atoms with E-state index in [4.69, 9.17) is 0 Å². The summed E-state index contributed by atoms with van der Waals surface area (Å²) in [6.07, 6.45) is -7.58. The lowest BCUT2D eigenvalue weighted by atomic mass is 10.1. The van der Waals surface area contributed by atoms with E-state index >= 15 is 0 Å². The molecule has 160 valence electrons. The van der Waals surface area contributed by atoms with Crippen LogP contribution in [0.4, 0.5) is 32.0 Å². The van der Waals surface area contributed by atoms with E-state index in [2.05, 4.69) is 10.1 Å². The van der Waals surface area contributed by atoms with E-state index in [9.17, 15) is 35.9 Å². The van der Waals surface area contributed by atoms with Gasteiger partial charge >= 0.3 is 12.5 Å². The van der Waals surface area contributed by atoms with E-state index in [-0.39, 0.29) is 16.8 Å². The molecule has 0 unspecified atom stereocenters. The van der Waals surface area contributed by atoms with Crippen molar-refractivity contribution >= 4 is 23.6 Å². The molecule has 30 heavy (non-hydrogen) atoms. The van der Waals surface area contributed by atoms with Crippen molar-refractivity contribution < 1.29 is 40.7 Å². The third kappa shape index (κ3) is 7.49. The maximum Gasteiger partial charge on any atom is 0.573 e. The first kappa shape index (κ1) is 22.8. The molecule has 5 nitrogen and oxygen atoms in total. The third-order valence-electron chi connectivity index (χ3n) is 3.44. The van der Waals surface area contributed by atoms with Crippen LogP contribution in [-0.2, 0) is 4.79 Å². The van der Waals surface area contributed by atoms with Crippen LogP contribution in [0.15, 0.2) is 54.6 Å². The Morgan fingerprint density at radius 2 is 1.57 bits per heavy atom. The van der Waals surface area contributed by atoms with Crippen molar-refractivity contribution in [2.75, 3.05) is 11.9 Å². The normalized spacial score (nSPS) is 11.9. The van der Waals surface area contributed by atoms with Crippen LogP contribution in [0.3, 0.4) is 0 Å². The van der Waals surface area contributed by atoms with Gasteiger partial charge in [-0.15, -0.1) is 13.2 Å². The van der Waals surface area contributed by atoms with E-state index in [1.54, 1.807) is 5.32 Å². The summed E-state index contributed by atoms with van der Waals surface area (Å²) < 4.78 is 77.9. The standard InChI is InChI=1S/C19H14F6N2O3/c20-18(21,22)11-26-17(29)13-6-2-3-7-14(13)27-16(28)10-9-12-5-1-4-8-15(12)30-19(23,24)25/h1-10H,11H2,(H,26,29)(H,27,28)/b10-9+. The van der Waals surface area contributed by atoms with Gasteiger partial charge in [0.25, 0.3) is 5.91 Å². The second-order valence-electron chi connectivity index (χ2n) is 5.75. The summed E-state index contributed by atoms with van der Waals surface area (Å²) in [5.41, 5.74) is -0.336. The molecule has 0 saturated heterocycles. The highest BCUT2D eigenvalue weighted by Gasteiger charge is 2.31. The predicted octanol–water partition coefficient (Wildman–Crippen LogP) is 4.53. The van der Waals surface area contributed by atoms with E-state index in [0.717, 1.165) is 18.2 Å². The van der Waals surface area contributed by atoms with Gasteiger partial charge in [0, 0.05) is 11.6 Å². The number of para-hydroxylation sites is 2. The van der Waals surface area contributed by atoms with Gasteiger partial charge in [0.2, 0.25) is 5.91 Å². The zero-order chi connectivity index (χ0) is 22.4. The SMILES string of the molecule is O=C(/C=C/c1ccccc1OC(F)(F)F)Nc1ccccc1C(=O)NCC(F)(F)F. The van der Waals surface area contributed by atoms with Gasteiger partial charge in [-0.05, 0) is 24.3 Å². The summed E-state index contributed by atoms with van der Waals surface area (Å²) >= 11 is 0. The fourth-order valence-electron chi connectivity index (χ4n) is 2.24. The van der Waals surface area contributed by atoms with Crippen LogP contribution in [0.1, 0.15) is 15.9 Å². The zero-order valence-electron chi connectivity index (χ0n) is 15.0. The number of benzene rings is 2. The number of halogens is 6. The summed E-state index contributed by atoms with van der Waals surface area (Å²) in [6, 6.07) is 10.4. The van der Waals surface area contributed by atoms with Crippen LogP contribution >= 0.6 is 0 Å². The number of alkyl halides is 6. The first-order valence-corrected chi connectivity index (χ1v) is 8.22. The molecular formula is C19H14F6N2O3. The Morgan fingerprint density at radius 1 is 0.933 bits per heavy atom. The molecule has 0 bridgehead atoms. The predicted molar refractivity (Wildman–Crippen MR) is 95.6 cm³/mol. The van der Waals surface area contributed by atoms with Crippen molar-refractivity contribution in [2.24, 2.45) is 0 Å². The molecule has 11 heteroatoms. The fourth-order valence-corrected chi connectivity index (χ4v) is 2.24. The van der Waals surface area contributed by atoms with E-state index in [1.807, 2.05) is 0 Å².